The Morgan fingerprint density at radius 2 is 2.17 bits per heavy atom. The highest BCUT2D eigenvalue weighted by molar-refractivity contribution is 5.70. The van der Waals surface area contributed by atoms with E-state index in [-0.39, 0.29) is 11.8 Å². The lowest BCUT2D eigenvalue weighted by Crippen LogP contribution is -1.99. The lowest BCUT2D eigenvalue weighted by Gasteiger charge is -2.06. The van der Waals surface area contributed by atoms with E-state index in [4.69, 9.17) is 5.73 Å². The number of halogens is 1. The molecule has 0 saturated heterocycles. The van der Waals surface area contributed by atoms with E-state index in [1.54, 1.807) is 28.9 Å². The fourth-order valence-electron chi connectivity index (χ4n) is 1.64. The Bertz CT molecular complexity index is 708. The van der Waals surface area contributed by atoms with Gasteiger partial charge >= 0.3 is 0 Å². The van der Waals surface area contributed by atoms with Gasteiger partial charge in [-0.3, -0.25) is 4.40 Å². The molecule has 3 N–H and O–H groups in total. The maximum atomic E-state index is 13.1. The van der Waals surface area contributed by atoms with Gasteiger partial charge in [0, 0.05) is 18.1 Å². The van der Waals surface area contributed by atoms with Gasteiger partial charge in [-0.05, 0) is 18.2 Å². The molecule has 1 aromatic carbocycles. The monoisotopic (exact) mass is 244 g/mol. The van der Waals surface area contributed by atoms with Crippen LogP contribution in [0.3, 0.4) is 0 Å². The number of rotatable bonds is 2. The van der Waals surface area contributed by atoms with E-state index in [9.17, 15) is 4.39 Å². The molecule has 90 valence electrons. The highest BCUT2D eigenvalue weighted by Crippen LogP contribution is 2.19. The van der Waals surface area contributed by atoms with E-state index < -0.39 is 0 Å². The molecule has 0 saturated carbocycles. The van der Waals surface area contributed by atoms with Crippen molar-refractivity contribution in [3.63, 3.8) is 0 Å². The number of nitrogens with two attached hydrogens (primary N) is 1. The van der Waals surface area contributed by atoms with E-state index in [2.05, 4.69) is 20.5 Å². The largest absolute Gasteiger partial charge is 0.368 e. The molecular weight excluding hydrogens is 235 g/mol. The smallest absolute Gasteiger partial charge is 0.226 e. The van der Waals surface area contributed by atoms with E-state index in [0.29, 0.717) is 17.2 Å². The Morgan fingerprint density at radius 3 is 3.00 bits per heavy atom. The molecule has 0 unspecified atom stereocenters. The molecule has 0 atom stereocenters. The van der Waals surface area contributed by atoms with Gasteiger partial charge in [0.25, 0.3) is 0 Å². The van der Waals surface area contributed by atoms with Crippen molar-refractivity contribution in [1.82, 2.24) is 19.6 Å². The molecule has 3 rings (SSSR count). The molecule has 0 aliphatic rings. The summed E-state index contributed by atoms with van der Waals surface area (Å²) in [5, 5.41) is 10.6. The van der Waals surface area contributed by atoms with Crippen LogP contribution >= 0.6 is 0 Å². The number of benzene rings is 1. The van der Waals surface area contributed by atoms with Crippen molar-refractivity contribution in [2.45, 2.75) is 0 Å². The van der Waals surface area contributed by atoms with Gasteiger partial charge in [-0.2, -0.15) is 0 Å². The maximum Gasteiger partial charge on any atom is 0.226 e. The number of nitrogens with one attached hydrogen (secondary N) is 1. The normalized spacial score (nSPS) is 10.7. The van der Waals surface area contributed by atoms with E-state index in [1.165, 1.54) is 12.1 Å². The van der Waals surface area contributed by atoms with Crippen molar-refractivity contribution in [3.8, 4) is 0 Å². The third kappa shape index (κ3) is 1.71. The summed E-state index contributed by atoms with van der Waals surface area (Å²) in [4.78, 5) is 4.13. The molecule has 0 aliphatic carbocycles. The molecule has 6 nitrogen and oxygen atoms in total. The van der Waals surface area contributed by atoms with E-state index in [1.807, 2.05) is 0 Å². The second kappa shape index (κ2) is 3.95. The van der Waals surface area contributed by atoms with Crippen LogP contribution in [0.2, 0.25) is 0 Å². The predicted octanol–water partition coefficient (Wildman–Crippen LogP) is 1.59. The molecule has 3 aromatic rings. The van der Waals surface area contributed by atoms with Gasteiger partial charge in [0.1, 0.15) is 5.82 Å². The Morgan fingerprint density at radius 1 is 1.28 bits per heavy atom. The molecule has 0 amide bonds. The SMILES string of the molecule is Nc1nnc2c(Nc3cccc(F)c3)nccn12. The van der Waals surface area contributed by atoms with Crippen molar-refractivity contribution in [1.29, 1.82) is 0 Å². The second-order valence-corrected chi connectivity index (χ2v) is 3.66. The average Bonchev–Trinajstić information content (AvgIpc) is 2.73. The van der Waals surface area contributed by atoms with Crippen LogP contribution in [0.4, 0.5) is 21.8 Å². The molecule has 7 heteroatoms. The zero-order valence-corrected chi connectivity index (χ0v) is 9.21. The number of anilines is 3. The molecule has 0 spiro atoms. The van der Waals surface area contributed by atoms with Crippen molar-refractivity contribution in [2.24, 2.45) is 0 Å². The highest BCUT2D eigenvalue weighted by atomic mass is 19.1. The topological polar surface area (TPSA) is 81.1 Å². The summed E-state index contributed by atoms with van der Waals surface area (Å²) in [6.45, 7) is 0. The van der Waals surface area contributed by atoms with Crippen molar-refractivity contribution < 1.29 is 4.39 Å². The molecular formula is C11H9FN6. The van der Waals surface area contributed by atoms with Crippen molar-refractivity contribution in [3.05, 3.63) is 42.5 Å². The molecule has 18 heavy (non-hydrogen) atoms. The summed E-state index contributed by atoms with van der Waals surface area (Å²) >= 11 is 0. The van der Waals surface area contributed by atoms with Crippen LogP contribution in [0.15, 0.2) is 36.7 Å². The van der Waals surface area contributed by atoms with E-state index >= 15 is 0 Å². The highest BCUT2D eigenvalue weighted by Gasteiger charge is 2.08. The average molecular weight is 244 g/mol. The summed E-state index contributed by atoms with van der Waals surface area (Å²) in [6, 6.07) is 6.07. The van der Waals surface area contributed by atoms with Gasteiger partial charge < -0.3 is 11.1 Å². The molecule has 0 fully saturated rings. The van der Waals surface area contributed by atoms with Crippen LogP contribution < -0.4 is 11.1 Å². The first-order valence-electron chi connectivity index (χ1n) is 5.22. The second-order valence-electron chi connectivity index (χ2n) is 3.66. The van der Waals surface area contributed by atoms with Crippen molar-refractivity contribution in [2.75, 3.05) is 11.1 Å². The Hall–Kier alpha value is -2.70. The number of nitrogen functional groups attached to an aromatic ring is 1. The summed E-state index contributed by atoms with van der Waals surface area (Å²) in [6.07, 6.45) is 3.22. The first-order chi connectivity index (χ1) is 8.74. The van der Waals surface area contributed by atoms with Gasteiger partial charge in [0.15, 0.2) is 5.82 Å². The van der Waals surface area contributed by atoms with Gasteiger partial charge in [0.2, 0.25) is 11.6 Å². The summed E-state index contributed by atoms with van der Waals surface area (Å²) in [5.74, 6) is 0.412. The Kier molecular flexibility index (Phi) is 2.30. The van der Waals surface area contributed by atoms with Crippen LogP contribution in [0, 0.1) is 5.82 Å². The minimum absolute atomic E-state index is 0.273. The third-order valence-electron chi connectivity index (χ3n) is 2.44. The quantitative estimate of drug-likeness (QED) is 0.715. The molecule has 0 radical (unpaired) electrons. The summed E-state index contributed by atoms with van der Waals surface area (Å²) in [7, 11) is 0. The van der Waals surface area contributed by atoms with Gasteiger partial charge in [-0.15, -0.1) is 10.2 Å². The van der Waals surface area contributed by atoms with Gasteiger partial charge in [-0.25, -0.2) is 9.37 Å². The molecule has 2 heterocycles. The number of nitrogens with zero attached hydrogens (tertiary/aromatic N) is 4. The zero-order chi connectivity index (χ0) is 12.5. The van der Waals surface area contributed by atoms with Crippen LogP contribution in [0.25, 0.3) is 5.65 Å². The Balaban J connectivity index is 2.05. The first-order valence-corrected chi connectivity index (χ1v) is 5.22. The van der Waals surface area contributed by atoms with E-state index in [0.717, 1.165) is 0 Å². The number of aromatic nitrogens is 4. The third-order valence-corrected chi connectivity index (χ3v) is 2.44. The summed E-state index contributed by atoms with van der Waals surface area (Å²) in [5.41, 5.74) is 6.70. The molecule has 2 aromatic heterocycles. The maximum absolute atomic E-state index is 13.1. The number of hydrogen-bond donors (Lipinski definition) is 2. The predicted molar refractivity (Wildman–Crippen MR) is 64.9 cm³/mol. The minimum Gasteiger partial charge on any atom is -0.368 e. The van der Waals surface area contributed by atoms with Gasteiger partial charge in [-0.1, -0.05) is 6.07 Å². The van der Waals surface area contributed by atoms with Crippen LogP contribution in [0.5, 0.6) is 0 Å². The van der Waals surface area contributed by atoms with Gasteiger partial charge in [0.05, 0.1) is 0 Å². The zero-order valence-electron chi connectivity index (χ0n) is 9.21. The Labute approximate surface area is 101 Å². The fraction of sp³-hybridized carbons (Fsp3) is 0. The molecule has 0 aliphatic heterocycles. The fourth-order valence-corrected chi connectivity index (χ4v) is 1.64. The summed E-state index contributed by atoms with van der Waals surface area (Å²) < 4.78 is 14.7. The first kappa shape index (κ1) is 10.5. The standard InChI is InChI=1S/C11H9FN6/c12-7-2-1-3-8(6-7)15-9-10-16-17-11(13)18(10)5-4-14-9/h1-6H,(H2,13,17)(H,14,15). The van der Waals surface area contributed by atoms with Crippen molar-refractivity contribution >= 4 is 23.1 Å². The lowest BCUT2D eigenvalue weighted by atomic mass is 10.3. The molecule has 0 bridgehead atoms. The number of fused-ring (bicyclic) bond motifs is 1. The number of hydrogen-bond acceptors (Lipinski definition) is 5. The minimum atomic E-state index is -0.326. The van der Waals surface area contributed by atoms with Crippen LogP contribution in [-0.4, -0.2) is 19.6 Å². The van der Waals surface area contributed by atoms with Crippen LogP contribution in [-0.2, 0) is 0 Å². The lowest BCUT2D eigenvalue weighted by molar-refractivity contribution is 0.628. The van der Waals surface area contributed by atoms with Crippen LogP contribution in [0.1, 0.15) is 0 Å².